The predicted octanol–water partition coefficient (Wildman–Crippen LogP) is 2.64. The van der Waals surface area contributed by atoms with Gasteiger partial charge in [-0.05, 0) is 32.4 Å². The molecule has 0 spiro atoms. The number of hydrogen-bond donors (Lipinski definition) is 1. The van der Waals surface area contributed by atoms with Crippen LogP contribution in [0.2, 0.25) is 0 Å². The van der Waals surface area contributed by atoms with Crippen LogP contribution in [-0.4, -0.2) is 25.7 Å². The molecular formula is C13H25NO2. The van der Waals surface area contributed by atoms with Gasteiger partial charge in [-0.3, -0.25) is 4.79 Å². The number of carbonyl (C=O) groups is 1. The standard InChI is InChI=1S/C13H25NO2/c15-13-9-6-4-2-1-3-5-7-10-14-11-8-12-16-13/h14H,1-12H2. The molecule has 3 nitrogen and oxygen atoms in total. The van der Waals surface area contributed by atoms with Gasteiger partial charge in [-0.1, -0.05) is 32.1 Å². The lowest BCUT2D eigenvalue weighted by Crippen LogP contribution is -2.18. The van der Waals surface area contributed by atoms with Crippen molar-refractivity contribution in [2.24, 2.45) is 0 Å². The van der Waals surface area contributed by atoms with Crippen molar-refractivity contribution in [2.75, 3.05) is 19.7 Å². The first-order valence-electron chi connectivity index (χ1n) is 6.76. The van der Waals surface area contributed by atoms with Gasteiger partial charge in [0.05, 0.1) is 6.61 Å². The van der Waals surface area contributed by atoms with Crippen LogP contribution in [0.25, 0.3) is 0 Å². The van der Waals surface area contributed by atoms with E-state index in [4.69, 9.17) is 4.74 Å². The summed E-state index contributed by atoms with van der Waals surface area (Å²) < 4.78 is 5.14. The molecule has 1 fully saturated rings. The highest BCUT2D eigenvalue weighted by Crippen LogP contribution is 2.09. The number of carbonyl (C=O) groups excluding carboxylic acids is 1. The monoisotopic (exact) mass is 227 g/mol. The van der Waals surface area contributed by atoms with Gasteiger partial charge in [0.25, 0.3) is 0 Å². The molecule has 16 heavy (non-hydrogen) atoms. The highest BCUT2D eigenvalue weighted by Gasteiger charge is 2.02. The van der Waals surface area contributed by atoms with Crippen LogP contribution in [-0.2, 0) is 9.53 Å². The Bertz CT molecular complexity index is 165. The van der Waals surface area contributed by atoms with E-state index in [0.29, 0.717) is 13.0 Å². The molecule has 1 heterocycles. The zero-order chi connectivity index (χ0) is 11.5. The van der Waals surface area contributed by atoms with Crippen LogP contribution in [0.5, 0.6) is 0 Å². The number of hydrogen-bond acceptors (Lipinski definition) is 3. The molecule has 0 aromatic carbocycles. The Morgan fingerprint density at radius 2 is 1.44 bits per heavy atom. The molecule has 0 bridgehead atoms. The maximum atomic E-state index is 11.3. The summed E-state index contributed by atoms with van der Waals surface area (Å²) in [5.74, 6) is -0.0186. The van der Waals surface area contributed by atoms with E-state index in [1.165, 1.54) is 38.5 Å². The van der Waals surface area contributed by atoms with Gasteiger partial charge in [-0.2, -0.15) is 0 Å². The summed E-state index contributed by atoms with van der Waals surface area (Å²) in [5, 5.41) is 3.38. The normalized spacial score (nSPS) is 22.9. The maximum Gasteiger partial charge on any atom is 0.305 e. The average Bonchev–Trinajstić information content (AvgIpc) is 2.29. The topological polar surface area (TPSA) is 38.3 Å². The van der Waals surface area contributed by atoms with E-state index < -0.39 is 0 Å². The minimum atomic E-state index is -0.0186. The number of nitrogens with one attached hydrogen (secondary N) is 1. The fourth-order valence-electron chi connectivity index (χ4n) is 1.98. The van der Waals surface area contributed by atoms with Crippen LogP contribution >= 0.6 is 0 Å². The Morgan fingerprint density at radius 1 is 0.812 bits per heavy atom. The molecule has 1 aliphatic heterocycles. The minimum Gasteiger partial charge on any atom is -0.466 e. The zero-order valence-electron chi connectivity index (χ0n) is 10.3. The van der Waals surface area contributed by atoms with E-state index in [1.54, 1.807) is 0 Å². The second kappa shape index (κ2) is 9.64. The second-order valence-corrected chi connectivity index (χ2v) is 4.55. The van der Waals surface area contributed by atoms with Crippen LogP contribution in [0.1, 0.15) is 57.8 Å². The molecule has 1 saturated heterocycles. The summed E-state index contributed by atoms with van der Waals surface area (Å²) in [5.41, 5.74) is 0. The summed E-state index contributed by atoms with van der Waals surface area (Å²) in [6.07, 6.45) is 10.2. The molecule has 0 atom stereocenters. The van der Waals surface area contributed by atoms with Gasteiger partial charge < -0.3 is 10.1 Å². The Morgan fingerprint density at radius 3 is 2.25 bits per heavy atom. The highest BCUT2D eigenvalue weighted by atomic mass is 16.5. The van der Waals surface area contributed by atoms with Crippen molar-refractivity contribution >= 4 is 5.97 Å². The van der Waals surface area contributed by atoms with Crippen molar-refractivity contribution in [3.63, 3.8) is 0 Å². The van der Waals surface area contributed by atoms with Crippen molar-refractivity contribution in [3.05, 3.63) is 0 Å². The molecule has 1 aliphatic rings. The van der Waals surface area contributed by atoms with Gasteiger partial charge in [0, 0.05) is 6.42 Å². The Hall–Kier alpha value is -0.570. The molecule has 0 aromatic heterocycles. The zero-order valence-corrected chi connectivity index (χ0v) is 10.3. The van der Waals surface area contributed by atoms with Crippen molar-refractivity contribution in [1.82, 2.24) is 5.32 Å². The number of ether oxygens (including phenoxy) is 1. The Kier molecular flexibility index (Phi) is 8.13. The molecule has 0 amide bonds. The smallest absolute Gasteiger partial charge is 0.305 e. The number of rotatable bonds is 0. The molecule has 0 aliphatic carbocycles. The van der Waals surface area contributed by atoms with Gasteiger partial charge in [0.15, 0.2) is 0 Å². The summed E-state index contributed by atoms with van der Waals surface area (Å²) in [4.78, 5) is 11.3. The van der Waals surface area contributed by atoms with E-state index in [0.717, 1.165) is 25.9 Å². The van der Waals surface area contributed by atoms with Gasteiger partial charge in [0.2, 0.25) is 0 Å². The third kappa shape index (κ3) is 7.69. The Balaban J connectivity index is 2.13. The molecule has 0 saturated carbocycles. The first-order valence-corrected chi connectivity index (χ1v) is 6.76. The average molecular weight is 227 g/mol. The van der Waals surface area contributed by atoms with Gasteiger partial charge >= 0.3 is 5.97 Å². The van der Waals surface area contributed by atoms with E-state index in [2.05, 4.69) is 5.32 Å². The molecule has 3 heteroatoms. The molecular weight excluding hydrogens is 202 g/mol. The van der Waals surface area contributed by atoms with Crippen molar-refractivity contribution in [2.45, 2.75) is 57.8 Å². The summed E-state index contributed by atoms with van der Waals surface area (Å²) in [6.45, 7) is 2.65. The lowest BCUT2D eigenvalue weighted by Gasteiger charge is -2.05. The fraction of sp³-hybridized carbons (Fsp3) is 0.923. The molecule has 0 aromatic rings. The van der Waals surface area contributed by atoms with Gasteiger partial charge in [0.1, 0.15) is 0 Å². The molecule has 0 radical (unpaired) electrons. The second-order valence-electron chi connectivity index (χ2n) is 4.55. The highest BCUT2D eigenvalue weighted by molar-refractivity contribution is 5.69. The lowest BCUT2D eigenvalue weighted by molar-refractivity contribution is -0.143. The van der Waals surface area contributed by atoms with Crippen LogP contribution < -0.4 is 5.32 Å². The summed E-state index contributed by atoms with van der Waals surface area (Å²) in [6, 6.07) is 0. The van der Waals surface area contributed by atoms with E-state index >= 15 is 0 Å². The largest absolute Gasteiger partial charge is 0.466 e. The van der Waals surface area contributed by atoms with Gasteiger partial charge in [-0.15, -0.1) is 0 Å². The van der Waals surface area contributed by atoms with Crippen molar-refractivity contribution in [1.29, 1.82) is 0 Å². The lowest BCUT2D eigenvalue weighted by atomic mass is 10.1. The fourth-order valence-corrected chi connectivity index (χ4v) is 1.98. The van der Waals surface area contributed by atoms with Gasteiger partial charge in [-0.25, -0.2) is 0 Å². The van der Waals surface area contributed by atoms with E-state index in [9.17, 15) is 4.79 Å². The molecule has 1 rings (SSSR count). The predicted molar refractivity (Wildman–Crippen MR) is 65.4 cm³/mol. The van der Waals surface area contributed by atoms with Crippen LogP contribution in [0.4, 0.5) is 0 Å². The SMILES string of the molecule is O=C1CCCCCCCCCNCCCO1. The van der Waals surface area contributed by atoms with Crippen LogP contribution in [0.15, 0.2) is 0 Å². The van der Waals surface area contributed by atoms with E-state index in [1.807, 2.05) is 0 Å². The van der Waals surface area contributed by atoms with Crippen molar-refractivity contribution < 1.29 is 9.53 Å². The minimum absolute atomic E-state index is 0.0186. The van der Waals surface area contributed by atoms with Crippen LogP contribution in [0, 0.1) is 0 Å². The van der Waals surface area contributed by atoms with Crippen molar-refractivity contribution in [3.8, 4) is 0 Å². The number of cyclic esters (lactones) is 1. The summed E-state index contributed by atoms with van der Waals surface area (Å²) in [7, 11) is 0. The molecule has 94 valence electrons. The first kappa shape index (κ1) is 13.5. The van der Waals surface area contributed by atoms with E-state index in [-0.39, 0.29) is 5.97 Å². The quantitative estimate of drug-likeness (QED) is 0.647. The summed E-state index contributed by atoms with van der Waals surface area (Å²) >= 11 is 0. The number of esters is 1. The third-order valence-electron chi connectivity index (χ3n) is 3.00. The first-order chi connectivity index (χ1) is 7.89. The maximum absolute atomic E-state index is 11.3. The third-order valence-corrected chi connectivity index (χ3v) is 3.00. The molecule has 0 unspecified atom stereocenters. The Labute approximate surface area is 98.9 Å². The van der Waals surface area contributed by atoms with Crippen LogP contribution in [0.3, 0.4) is 0 Å². The molecule has 1 N–H and O–H groups in total.